The van der Waals surface area contributed by atoms with Crippen LogP contribution in [0.5, 0.6) is 0 Å². The van der Waals surface area contributed by atoms with Crippen molar-refractivity contribution in [3.05, 3.63) is 48.3 Å². The maximum absolute atomic E-state index is 12.0. The maximum atomic E-state index is 12.0. The molecular weight excluding hydrogens is 260 g/mol. The standard InChI is InChI=1S/C18H20N2O/c1-13-7-8-16(20-18(21)10-14-4-2-5-14)11-17(13)15-6-3-9-19-12-15/h3,6-9,11-12,14H,2,4-5,10H2,1H3,(H,20,21). The number of benzene rings is 1. The van der Waals surface area contributed by atoms with Crippen molar-refractivity contribution < 1.29 is 4.79 Å². The van der Waals surface area contributed by atoms with Gasteiger partial charge in [-0.25, -0.2) is 0 Å². The summed E-state index contributed by atoms with van der Waals surface area (Å²) in [6.07, 6.45) is 7.93. The summed E-state index contributed by atoms with van der Waals surface area (Å²) < 4.78 is 0. The minimum absolute atomic E-state index is 0.126. The van der Waals surface area contributed by atoms with Crippen LogP contribution in [0.3, 0.4) is 0 Å². The fourth-order valence-corrected chi connectivity index (χ4v) is 2.70. The van der Waals surface area contributed by atoms with Gasteiger partial charge in [-0.05, 0) is 55.0 Å². The smallest absolute Gasteiger partial charge is 0.224 e. The summed E-state index contributed by atoms with van der Waals surface area (Å²) in [5.41, 5.74) is 4.23. The van der Waals surface area contributed by atoms with E-state index in [0.717, 1.165) is 16.8 Å². The van der Waals surface area contributed by atoms with E-state index in [0.29, 0.717) is 12.3 Å². The summed E-state index contributed by atoms with van der Waals surface area (Å²) in [6.45, 7) is 2.07. The molecule has 1 aromatic heterocycles. The average Bonchev–Trinajstić information content (AvgIpc) is 2.46. The van der Waals surface area contributed by atoms with Crippen LogP contribution in [0, 0.1) is 12.8 Å². The van der Waals surface area contributed by atoms with Gasteiger partial charge < -0.3 is 5.32 Å². The summed E-state index contributed by atoms with van der Waals surface area (Å²) in [7, 11) is 0. The molecule has 0 radical (unpaired) electrons. The minimum Gasteiger partial charge on any atom is -0.326 e. The fourth-order valence-electron chi connectivity index (χ4n) is 2.70. The van der Waals surface area contributed by atoms with Gasteiger partial charge in [-0.1, -0.05) is 18.6 Å². The van der Waals surface area contributed by atoms with Crippen molar-refractivity contribution in [2.75, 3.05) is 5.32 Å². The number of aryl methyl sites for hydroxylation is 1. The van der Waals surface area contributed by atoms with Crippen LogP contribution in [0.15, 0.2) is 42.7 Å². The van der Waals surface area contributed by atoms with Crippen LogP contribution in [0.1, 0.15) is 31.2 Å². The zero-order valence-electron chi connectivity index (χ0n) is 12.3. The van der Waals surface area contributed by atoms with Gasteiger partial charge in [0, 0.05) is 30.1 Å². The van der Waals surface area contributed by atoms with Crippen LogP contribution in [0.2, 0.25) is 0 Å². The molecule has 3 rings (SSSR count). The molecule has 0 bridgehead atoms. The molecule has 3 nitrogen and oxygen atoms in total. The number of aromatic nitrogens is 1. The average molecular weight is 280 g/mol. The molecule has 1 N–H and O–H groups in total. The number of rotatable bonds is 4. The van der Waals surface area contributed by atoms with Gasteiger partial charge >= 0.3 is 0 Å². The second-order valence-electron chi connectivity index (χ2n) is 5.82. The lowest BCUT2D eigenvalue weighted by molar-refractivity contribution is -0.117. The fraction of sp³-hybridized carbons (Fsp3) is 0.333. The van der Waals surface area contributed by atoms with Gasteiger partial charge in [0.05, 0.1) is 0 Å². The number of carbonyl (C=O) groups excluding carboxylic acids is 1. The van der Waals surface area contributed by atoms with Crippen LogP contribution in [0.4, 0.5) is 5.69 Å². The number of nitrogens with zero attached hydrogens (tertiary/aromatic N) is 1. The molecule has 1 aliphatic carbocycles. The van der Waals surface area contributed by atoms with Crippen molar-refractivity contribution in [1.82, 2.24) is 4.98 Å². The number of nitrogens with one attached hydrogen (secondary N) is 1. The Morgan fingerprint density at radius 3 is 2.86 bits per heavy atom. The lowest BCUT2D eigenvalue weighted by Crippen LogP contribution is -2.20. The molecular formula is C18H20N2O. The van der Waals surface area contributed by atoms with Crippen LogP contribution >= 0.6 is 0 Å². The molecule has 0 spiro atoms. The zero-order chi connectivity index (χ0) is 14.7. The second-order valence-corrected chi connectivity index (χ2v) is 5.82. The van der Waals surface area contributed by atoms with Crippen LogP contribution in [-0.4, -0.2) is 10.9 Å². The van der Waals surface area contributed by atoms with E-state index in [-0.39, 0.29) is 5.91 Å². The first kappa shape index (κ1) is 13.8. The van der Waals surface area contributed by atoms with Gasteiger partial charge in [0.1, 0.15) is 0 Å². The maximum Gasteiger partial charge on any atom is 0.224 e. The van der Waals surface area contributed by atoms with Crippen molar-refractivity contribution in [3.63, 3.8) is 0 Å². The van der Waals surface area contributed by atoms with Gasteiger partial charge in [-0.15, -0.1) is 0 Å². The summed E-state index contributed by atoms with van der Waals surface area (Å²) in [5.74, 6) is 0.717. The largest absolute Gasteiger partial charge is 0.326 e. The number of anilines is 1. The topological polar surface area (TPSA) is 42.0 Å². The van der Waals surface area contributed by atoms with Crippen LogP contribution in [-0.2, 0) is 4.79 Å². The first-order valence-corrected chi connectivity index (χ1v) is 7.53. The Bertz CT molecular complexity index is 633. The van der Waals surface area contributed by atoms with Crippen LogP contribution < -0.4 is 5.32 Å². The summed E-state index contributed by atoms with van der Waals surface area (Å²) in [4.78, 5) is 16.2. The van der Waals surface area contributed by atoms with Crippen molar-refractivity contribution in [3.8, 4) is 11.1 Å². The van der Waals surface area contributed by atoms with E-state index in [9.17, 15) is 4.79 Å². The lowest BCUT2D eigenvalue weighted by atomic mass is 9.83. The van der Waals surface area contributed by atoms with E-state index < -0.39 is 0 Å². The van der Waals surface area contributed by atoms with E-state index in [4.69, 9.17) is 0 Å². The van der Waals surface area contributed by atoms with Crippen molar-refractivity contribution >= 4 is 11.6 Å². The third-order valence-corrected chi connectivity index (χ3v) is 4.19. The SMILES string of the molecule is Cc1ccc(NC(=O)CC2CCC2)cc1-c1cccnc1. The van der Waals surface area contributed by atoms with Gasteiger partial charge in [-0.3, -0.25) is 9.78 Å². The third kappa shape index (κ3) is 3.30. The normalized spacial score (nSPS) is 14.5. The predicted octanol–water partition coefficient (Wildman–Crippen LogP) is 4.19. The zero-order valence-corrected chi connectivity index (χ0v) is 12.3. The number of carbonyl (C=O) groups is 1. The molecule has 1 fully saturated rings. The quantitative estimate of drug-likeness (QED) is 0.912. The first-order valence-electron chi connectivity index (χ1n) is 7.53. The van der Waals surface area contributed by atoms with Crippen molar-refractivity contribution in [2.24, 2.45) is 5.92 Å². The highest BCUT2D eigenvalue weighted by Crippen LogP contribution is 2.30. The van der Waals surface area contributed by atoms with E-state index in [1.807, 2.05) is 36.5 Å². The highest BCUT2D eigenvalue weighted by molar-refractivity contribution is 5.91. The Labute approximate surface area is 125 Å². The Hall–Kier alpha value is -2.16. The molecule has 3 heteroatoms. The predicted molar refractivity (Wildman–Crippen MR) is 85.0 cm³/mol. The second kappa shape index (κ2) is 6.08. The molecule has 0 atom stereocenters. The molecule has 0 saturated heterocycles. The van der Waals surface area contributed by atoms with Crippen molar-refractivity contribution in [1.29, 1.82) is 0 Å². The first-order chi connectivity index (χ1) is 10.2. The number of hydrogen-bond acceptors (Lipinski definition) is 2. The highest BCUT2D eigenvalue weighted by atomic mass is 16.1. The molecule has 1 amide bonds. The van der Waals surface area contributed by atoms with Crippen molar-refractivity contribution in [2.45, 2.75) is 32.6 Å². The molecule has 21 heavy (non-hydrogen) atoms. The van der Waals surface area contributed by atoms with E-state index in [2.05, 4.69) is 17.2 Å². The number of amides is 1. The molecule has 1 saturated carbocycles. The Morgan fingerprint density at radius 2 is 2.19 bits per heavy atom. The Morgan fingerprint density at radius 1 is 1.33 bits per heavy atom. The highest BCUT2D eigenvalue weighted by Gasteiger charge is 2.20. The molecule has 2 aromatic rings. The lowest BCUT2D eigenvalue weighted by Gasteiger charge is -2.24. The van der Waals surface area contributed by atoms with Gasteiger partial charge in [0.25, 0.3) is 0 Å². The van der Waals surface area contributed by atoms with E-state index in [1.165, 1.54) is 24.8 Å². The third-order valence-electron chi connectivity index (χ3n) is 4.19. The van der Waals surface area contributed by atoms with Crippen LogP contribution in [0.25, 0.3) is 11.1 Å². The summed E-state index contributed by atoms with van der Waals surface area (Å²) in [6, 6.07) is 10.0. The summed E-state index contributed by atoms with van der Waals surface area (Å²) in [5, 5.41) is 3.02. The minimum atomic E-state index is 0.126. The number of hydrogen-bond donors (Lipinski definition) is 1. The number of pyridine rings is 1. The Balaban J connectivity index is 1.76. The van der Waals surface area contributed by atoms with E-state index >= 15 is 0 Å². The molecule has 1 heterocycles. The van der Waals surface area contributed by atoms with Gasteiger partial charge in [-0.2, -0.15) is 0 Å². The Kier molecular flexibility index (Phi) is 4.00. The summed E-state index contributed by atoms with van der Waals surface area (Å²) >= 11 is 0. The van der Waals surface area contributed by atoms with Gasteiger partial charge in [0.15, 0.2) is 0 Å². The molecule has 1 aromatic carbocycles. The molecule has 108 valence electrons. The monoisotopic (exact) mass is 280 g/mol. The molecule has 0 aliphatic heterocycles. The molecule has 1 aliphatic rings. The van der Waals surface area contributed by atoms with E-state index in [1.54, 1.807) is 6.20 Å². The van der Waals surface area contributed by atoms with Gasteiger partial charge in [0.2, 0.25) is 5.91 Å². The molecule has 0 unspecified atom stereocenters.